The Kier molecular flexibility index (Phi) is 6.50. The topological polar surface area (TPSA) is 121 Å². The first-order valence-corrected chi connectivity index (χ1v) is 13.3. The van der Waals surface area contributed by atoms with Crippen LogP contribution in [0.5, 0.6) is 0 Å². The Morgan fingerprint density at radius 1 is 1.18 bits per heavy atom. The molecule has 206 valence electrons. The Morgan fingerprint density at radius 3 is 2.75 bits per heavy atom. The molecule has 1 aliphatic carbocycles. The maximum Gasteiger partial charge on any atom is 0.333 e. The van der Waals surface area contributed by atoms with Gasteiger partial charge in [0.05, 0.1) is 40.8 Å². The van der Waals surface area contributed by atoms with Gasteiger partial charge in [0, 0.05) is 40.9 Å². The highest BCUT2D eigenvalue weighted by Crippen LogP contribution is 2.57. The van der Waals surface area contributed by atoms with E-state index in [0.29, 0.717) is 51.5 Å². The van der Waals surface area contributed by atoms with Crippen molar-refractivity contribution >= 4 is 23.2 Å². The number of nitrogens with zero attached hydrogens (tertiary/aromatic N) is 5. The van der Waals surface area contributed by atoms with Gasteiger partial charge < -0.3 is 11.1 Å². The second kappa shape index (κ2) is 9.90. The number of rotatable bonds is 4. The molecule has 3 aromatic heterocycles. The summed E-state index contributed by atoms with van der Waals surface area (Å²) >= 11 is 6.21. The smallest absolute Gasteiger partial charge is 0.326 e. The molecule has 1 saturated carbocycles. The molecule has 1 aliphatic heterocycles. The summed E-state index contributed by atoms with van der Waals surface area (Å²) in [7, 11) is 0. The van der Waals surface area contributed by atoms with E-state index in [9.17, 15) is 18.4 Å². The molecule has 9 nitrogen and oxygen atoms in total. The monoisotopic (exact) mass is 565 g/mol. The third-order valence-corrected chi connectivity index (χ3v) is 8.23. The minimum atomic E-state index is -2.92. The minimum Gasteiger partial charge on any atom is -0.326 e. The number of halogens is 3. The fraction of sp³-hybridized carbons (Fsp3) is 0.321. The van der Waals surface area contributed by atoms with Crippen LogP contribution in [0.3, 0.4) is 0 Å². The second-order valence-corrected chi connectivity index (χ2v) is 10.8. The number of anilines is 1. The molecule has 12 heteroatoms. The summed E-state index contributed by atoms with van der Waals surface area (Å²) in [6.07, 6.45) is 6.04. The van der Waals surface area contributed by atoms with Crippen molar-refractivity contribution < 1.29 is 13.6 Å². The Balaban J connectivity index is 1.50. The van der Waals surface area contributed by atoms with E-state index in [1.807, 2.05) is 0 Å². The molecule has 6 rings (SSSR count). The molecule has 1 amide bonds. The van der Waals surface area contributed by atoms with E-state index in [1.165, 1.54) is 24.8 Å². The Hall–Kier alpha value is -3.96. The van der Waals surface area contributed by atoms with E-state index in [2.05, 4.69) is 20.4 Å². The molecular formula is C28H26ClF2N7O2. The number of hydrogen-bond donors (Lipinski definition) is 2. The number of alkyl halides is 2. The van der Waals surface area contributed by atoms with Crippen LogP contribution in [0.2, 0.25) is 5.02 Å². The van der Waals surface area contributed by atoms with Gasteiger partial charge in [-0.1, -0.05) is 24.6 Å². The lowest BCUT2D eigenvalue weighted by Gasteiger charge is -2.23. The fourth-order valence-corrected chi connectivity index (χ4v) is 5.92. The number of aromatic nitrogens is 5. The van der Waals surface area contributed by atoms with Crippen LogP contribution < -0.4 is 16.6 Å². The number of pyridine rings is 1. The van der Waals surface area contributed by atoms with Crippen LogP contribution >= 0.6 is 11.6 Å². The number of carbonyl (C=O) groups is 1. The standard InChI is InChI=1S/C28H26ClF2N7O2/c1-15-2-4-18-11-28(18,37-14-34-21(10-24(37)39)20-9-19(29)5-3-17(20)12-32)23-8-16(6-7-33-23)25-22(36-26(15)40)13-35-38(25)27(30)31/h3,5-10,13-15,18,27H,2,4,11-12,32H2,1H3,(H,36,40)/t15-,18?,28?/m1/s1. The third-order valence-electron chi connectivity index (χ3n) is 7.99. The second-order valence-electron chi connectivity index (χ2n) is 10.3. The molecule has 4 aromatic rings. The lowest BCUT2D eigenvalue weighted by Crippen LogP contribution is -2.34. The zero-order chi connectivity index (χ0) is 28.2. The van der Waals surface area contributed by atoms with Crippen molar-refractivity contribution in [3.05, 3.63) is 81.8 Å². The lowest BCUT2D eigenvalue weighted by atomic mass is 9.97. The summed E-state index contributed by atoms with van der Waals surface area (Å²) in [5, 5.41) is 7.09. The van der Waals surface area contributed by atoms with Crippen LogP contribution in [0, 0.1) is 11.8 Å². The van der Waals surface area contributed by atoms with Crippen molar-refractivity contribution in [3.8, 4) is 22.5 Å². The number of benzene rings is 1. The van der Waals surface area contributed by atoms with Gasteiger partial charge in [0.1, 0.15) is 0 Å². The molecule has 40 heavy (non-hydrogen) atoms. The van der Waals surface area contributed by atoms with Crippen LogP contribution in [0.25, 0.3) is 22.5 Å². The van der Waals surface area contributed by atoms with Crippen LogP contribution in [0.15, 0.2) is 59.9 Å². The first kappa shape index (κ1) is 26.3. The maximum atomic E-state index is 13.9. The van der Waals surface area contributed by atoms with Crippen molar-refractivity contribution in [1.29, 1.82) is 0 Å². The quantitative estimate of drug-likeness (QED) is 0.366. The summed E-state index contributed by atoms with van der Waals surface area (Å²) in [5.74, 6) is -0.682. The van der Waals surface area contributed by atoms with Gasteiger partial charge >= 0.3 is 6.55 Å². The summed E-state index contributed by atoms with van der Waals surface area (Å²) in [6.45, 7) is -0.875. The average Bonchev–Trinajstić information content (AvgIpc) is 3.52. The minimum absolute atomic E-state index is 0.0134. The van der Waals surface area contributed by atoms with E-state index >= 15 is 0 Å². The Labute approximate surface area is 233 Å². The number of fused-ring (bicyclic) bond motifs is 6. The fourth-order valence-electron chi connectivity index (χ4n) is 5.74. The highest BCUT2D eigenvalue weighted by Gasteiger charge is 2.58. The normalized spacial score (nSPS) is 22.1. The molecule has 4 heterocycles. The molecule has 1 fully saturated rings. The van der Waals surface area contributed by atoms with Crippen LogP contribution in [0.4, 0.5) is 14.5 Å². The number of amides is 1. The van der Waals surface area contributed by atoms with Crippen molar-refractivity contribution in [2.45, 2.75) is 44.8 Å². The molecule has 1 aromatic carbocycles. The number of hydrogen-bond acceptors (Lipinski definition) is 6. The van der Waals surface area contributed by atoms with E-state index in [0.717, 1.165) is 5.56 Å². The predicted molar refractivity (Wildman–Crippen MR) is 146 cm³/mol. The Bertz CT molecular complexity index is 1690. The van der Waals surface area contributed by atoms with Crippen LogP contribution in [-0.4, -0.2) is 30.2 Å². The van der Waals surface area contributed by atoms with E-state index in [-0.39, 0.29) is 41.2 Å². The van der Waals surface area contributed by atoms with Crippen LogP contribution in [-0.2, 0) is 16.9 Å². The van der Waals surface area contributed by atoms with Crippen molar-refractivity contribution in [2.24, 2.45) is 17.6 Å². The van der Waals surface area contributed by atoms with Crippen molar-refractivity contribution in [1.82, 2.24) is 24.3 Å². The number of nitrogens with two attached hydrogens (primary N) is 1. The van der Waals surface area contributed by atoms with Gasteiger partial charge in [0.15, 0.2) is 0 Å². The van der Waals surface area contributed by atoms with Gasteiger partial charge in [0.25, 0.3) is 5.56 Å². The lowest BCUT2D eigenvalue weighted by molar-refractivity contribution is -0.119. The summed E-state index contributed by atoms with van der Waals surface area (Å²) in [4.78, 5) is 35.8. The largest absolute Gasteiger partial charge is 0.333 e. The van der Waals surface area contributed by atoms with E-state index < -0.39 is 12.1 Å². The van der Waals surface area contributed by atoms with E-state index in [4.69, 9.17) is 17.3 Å². The summed E-state index contributed by atoms with van der Waals surface area (Å²) in [5.41, 5.74) is 7.92. The molecular weight excluding hydrogens is 540 g/mol. The molecule has 2 bridgehead atoms. The number of nitrogens with one attached hydrogen (secondary N) is 1. The molecule has 3 atom stereocenters. The molecule has 0 saturated heterocycles. The van der Waals surface area contributed by atoms with Crippen molar-refractivity contribution in [3.63, 3.8) is 0 Å². The maximum absolute atomic E-state index is 13.9. The zero-order valence-corrected chi connectivity index (χ0v) is 22.3. The molecule has 2 unspecified atom stereocenters. The van der Waals surface area contributed by atoms with Gasteiger partial charge in [-0.2, -0.15) is 13.9 Å². The SMILES string of the molecule is C[C@@H]1CCC2CC2(n2cnc(-c3cc(Cl)ccc3CN)cc2=O)c2cc(ccn2)-c2c(cnn2C(F)F)NC1=O. The van der Waals surface area contributed by atoms with E-state index in [1.54, 1.807) is 41.8 Å². The van der Waals surface area contributed by atoms with Gasteiger partial charge in [-0.05, 0) is 55.0 Å². The molecule has 0 spiro atoms. The number of carbonyl (C=O) groups excluding carboxylic acids is 1. The third kappa shape index (κ3) is 4.29. The first-order chi connectivity index (χ1) is 19.2. The zero-order valence-electron chi connectivity index (χ0n) is 21.5. The first-order valence-electron chi connectivity index (χ1n) is 12.9. The Morgan fingerprint density at radius 2 is 2.00 bits per heavy atom. The highest BCUT2D eigenvalue weighted by molar-refractivity contribution is 6.30. The van der Waals surface area contributed by atoms with Gasteiger partial charge in [-0.25, -0.2) is 9.67 Å². The van der Waals surface area contributed by atoms with Gasteiger partial charge in [0.2, 0.25) is 5.91 Å². The summed E-state index contributed by atoms with van der Waals surface area (Å²) < 4.78 is 30.0. The molecule has 0 radical (unpaired) electrons. The predicted octanol–water partition coefficient (Wildman–Crippen LogP) is 4.81. The highest BCUT2D eigenvalue weighted by atomic mass is 35.5. The summed E-state index contributed by atoms with van der Waals surface area (Å²) in [6, 6.07) is 10.0. The van der Waals surface area contributed by atoms with Gasteiger partial charge in [-0.15, -0.1) is 0 Å². The molecule has 2 aliphatic rings. The van der Waals surface area contributed by atoms with Gasteiger partial charge in [-0.3, -0.25) is 19.1 Å². The molecule has 3 N–H and O–H groups in total. The van der Waals surface area contributed by atoms with Crippen molar-refractivity contribution in [2.75, 3.05) is 5.32 Å². The van der Waals surface area contributed by atoms with Crippen LogP contribution in [0.1, 0.15) is 44.0 Å². The average molecular weight is 566 g/mol.